The molecule has 0 bridgehead atoms. The Morgan fingerprint density at radius 3 is 1.86 bits per heavy atom. The largest absolute Gasteiger partial charge is 0.451 e. The summed E-state index contributed by atoms with van der Waals surface area (Å²) in [5.41, 5.74) is 10.4. The van der Waals surface area contributed by atoms with Crippen molar-refractivity contribution in [1.29, 1.82) is 5.26 Å². The molecule has 2 atom stereocenters. The average Bonchev–Trinajstić information content (AvgIpc) is 3.47. The number of hydrogen-bond donors (Lipinski definition) is 1. The van der Waals surface area contributed by atoms with Crippen LogP contribution in [0.4, 0.5) is 5.69 Å². The molecule has 5 nitrogen and oxygen atoms in total. The second-order valence-corrected chi connectivity index (χ2v) is 8.60. The van der Waals surface area contributed by atoms with Crippen molar-refractivity contribution in [1.82, 2.24) is 0 Å². The first-order chi connectivity index (χ1) is 17.1. The molecule has 0 fully saturated rings. The lowest BCUT2D eigenvalue weighted by Gasteiger charge is -2.36. The number of rotatable bonds is 7. The van der Waals surface area contributed by atoms with E-state index in [1.54, 1.807) is 0 Å². The van der Waals surface area contributed by atoms with Crippen molar-refractivity contribution in [2.45, 2.75) is 24.7 Å². The van der Waals surface area contributed by atoms with E-state index in [4.69, 9.17) is 19.6 Å². The van der Waals surface area contributed by atoms with Crippen molar-refractivity contribution in [3.63, 3.8) is 0 Å². The van der Waals surface area contributed by atoms with Gasteiger partial charge < -0.3 is 19.6 Å². The zero-order valence-electron chi connectivity index (χ0n) is 19.4. The lowest BCUT2D eigenvalue weighted by Crippen LogP contribution is -2.35. The first-order valence-corrected chi connectivity index (χ1v) is 11.5. The van der Waals surface area contributed by atoms with Gasteiger partial charge in [0.2, 0.25) is 5.76 Å². The number of anilines is 1. The molecule has 1 aromatic heterocycles. The van der Waals surface area contributed by atoms with Gasteiger partial charge in [0.15, 0.2) is 0 Å². The fraction of sp³-hybridized carbons (Fsp3) is 0.167. The van der Waals surface area contributed by atoms with Crippen LogP contribution in [-0.4, -0.2) is 12.7 Å². The summed E-state index contributed by atoms with van der Waals surface area (Å²) in [6, 6.07) is 32.7. The summed E-state index contributed by atoms with van der Waals surface area (Å²) in [6.45, 7) is 2.30. The molecule has 0 aliphatic carbocycles. The Kier molecular flexibility index (Phi) is 6.24. The molecule has 3 aromatic carbocycles. The quantitative estimate of drug-likeness (QED) is 0.264. The molecule has 0 amide bonds. The third kappa shape index (κ3) is 4.15. The summed E-state index contributed by atoms with van der Waals surface area (Å²) in [5, 5.41) is 9.19. The van der Waals surface area contributed by atoms with E-state index in [2.05, 4.69) is 42.5 Å². The first kappa shape index (κ1) is 22.7. The van der Waals surface area contributed by atoms with Crippen LogP contribution in [0, 0.1) is 11.3 Å². The Balaban J connectivity index is 1.50. The highest BCUT2D eigenvalue weighted by molar-refractivity contribution is 5.57. The molecule has 35 heavy (non-hydrogen) atoms. The van der Waals surface area contributed by atoms with Crippen molar-refractivity contribution in [3.05, 3.63) is 137 Å². The number of hydrogen-bond acceptors (Lipinski definition) is 5. The number of nitrogens with zero attached hydrogens (tertiary/aromatic N) is 1. The predicted octanol–water partition coefficient (Wildman–Crippen LogP) is 6.13. The maximum atomic E-state index is 9.19. The van der Waals surface area contributed by atoms with Crippen LogP contribution in [-0.2, 0) is 15.1 Å². The van der Waals surface area contributed by atoms with E-state index in [0.717, 1.165) is 22.3 Å². The van der Waals surface area contributed by atoms with Crippen molar-refractivity contribution in [3.8, 4) is 6.07 Å². The van der Waals surface area contributed by atoms with E-state index >= 15 is 0 Å². The van der Waals surface area contributed by atoms with Crippen LogP contribution in [0.2, 0.25) is 0 Å². The van der Waals surface area contributed by atoms with E-state index in [1.807, 2.05) is 67.6 Å². The standard InChI is InChI=1S/C30H26N2O3/c1-21-17-25(35-29(21)26-20-33-27(18-31)28(26)32)19-34-30(22-11-5-2-6-12-22,23-13-7-3-8-14-23)24-15-9-4-10-16-24/h2-17,20,25,29H,19,32H2,1H3/t25?,29-/m1/s1. The summed E-state index contributed by atoms with van der Waals surface area (Å²) in [7, 11) is 0. The zero-order chi connectivity index (χ0) is 24.3. The van der Waals surface area contributed by atoms with E-state index < -0.39 is 5.60 Å². The van der Waals surface area contributed by atoms with Crippen molar-refractivity contribution < 1.29 is 13.9 Å². The SMILES string of the molecule is CC1=CC(COC(c2ccccc2)(c2ccccc2)c2ccccc2)O[C@H]1c1coc(C#N)c1N. The number of ether oxygens (including phenoxy) is 2. The fourth-order valence-corrected chi connectivity index (χ4v) is 4.75. The highest BCUT2D eigenvalue weighted by Gasteiger charge is 2.39. The van der Waals surface area contributed by atoms with E-state index in [9.17, 15) is 5.26 Å². The lowest BCUT2D eigenvalue weighted by atomic mass is 9.80. The molecule has 0 spiro atoms. The minimum absolute atomic E-state index is 0.104. The molecule has 2 heterocycles. The highest BCUT2D eigenvalue weighted by Crippen LogP contribution is 2.42. The van der Waals surface area contributed by atoms with E-state index in [1.165, 1.54) is 6.26 Å². The van der Waals surface area contributed by atoms with Crippen molar-refractivity contribution in [2.24, 2.45) is 0 Å². The van der Waals surface area contributed by atoms with Gasteiger partial charge in [0.1, 0.15) is 30.1 Å². The zero-order valence-corrected chi connectivity index (χ0v) is 19.4. The molecular weight excluding hydrogens is 436 g/mol. The second kappa shape index (κ2) is 9.63. The molecule has 5 heteroatoms. The maximum absolute atomic E-state index is 9.19. The normalized spacial score (nSPS) is 17.7. The van der Waals surface area contributed by atoms with Crippen LogP contribution in [0.1, 0.15) is 41.0 Å². The van der Waals surface area contributed by atoms with E-state index in [0.29, 0.717) is 17.9 Å². The minimum Gasteiger partial charge on any atom is -0.451 e. The van der Waals surface area contributed by atoms with Gasteiger partial charge in [-0.15, -0.1) is 0 Å². The fourth-order valence-electron chi connectivity index (χ4n) is 4.75. The van der Waals surface area contributed by atoms with Crippen LogP contribution in [0.5, 0.6) is 0 Å². The summed E-state index contributed by atoms with van der Waals surface area (Å²) in [6.07, 6.45) is 2.88. The van der Waals surface area contributed by atoms with Gasteiger partial charge >= 0.3 is 0 Å². The second-order valence-electron chi connectivity index (χ2n) is 8.60. The van der Waals surface area contributed by atoms with Gasteiger partial charge in [-0.3, -0.25) is 0 Å². The molecule has 0 radical (unpaired) electrons. The van der Waals surface area contributed by atoms with Gasteiger partial charge in [-0.2, -0.15) is 5.26 Å². The number of nitriles is 1. The first-order valence-electron chi connectivity index (χ1n) is 11.5. The average molecular weight is 463 g/mol. The van der Waals surface area contributed by atoms with Crippen LogP contribution in [0.3, 0.4) is 0 Å². The molecule has 1 unspecified atom stereocenters. The third-order valence-electron chi connectivity index (χ3n) is 6.42. The third-order valence-corrected chi connectivity index (χ3v) is 6.42. The van der Waals surface area contributed by atoms with Gasteiger partial charge in [0, 0.05) is 5.56 Å². The van der Waals surface area contributed by atoms with Gasteiger partial charge in [0.25, 0.3) is 0 Å². The van der Waals surface area contributed by atoms with Crippen LogP contribution >= 0.6 is 0 Å². The molecular formula is C30H26N2O3. The summed E-state index contributed by atoms with van der Waals surface area (Å²) < 4.78 is 18.5. The number of nitrogen functional groups attached to an aromatic ring is 1. The molecule has 0 saturated carbocycles. The van der Waals surface area contributed by atoms with Gasteiger partial charge in [-0.1, -0.05) is 97.1 Å². The highest BCUT2D eigenvalue weighted by atomic mass is 16.6. The Morgan fingerprint density at radius 1 is 0.886 bits per heavy atom. The number of nitrogens with two attached hydrogens (primary N) is 1. The lowest BCUT2D eigenvalue weighted by molar-refractivity contribution is -0.0550. The van der Waals surface area contributed by atoms with Crippen molar-refractivity contribution >= 4 is 5.69 Å². The summed E-state index contributed by atoms with van der Waals surface area (Å²) in [5.74, 6) is 0.104. The van der Waals surface area contributed by atoms with Crippen LogP contribution in [0.25, 0.3) is 0 Å². The molecule has 174 valence electrons. The Labute approximate surface area is 205 Å². The van der Waals surface area contributed by atoms with Gasteiger partial charge in [-0.05, 0) is 29.2 Å². The summed E-state index contributed by atoms with van der Waals surface area (Å²) in [4.78, 5) is 0. The molecule has 1 aliphatic rings. The Hall–Kier alpha value is -4.11. The van der Waals surface area contributed by atoms with Gasteiger partial charge in [-0.25, -0.2) is 0 Å². The number of benzene rings is 3. The minimum atomic E-state index is -0.824. The Morgan fingerprint density at radius 2 is 1.40 bits per heavy atom. The molecule has 5 rings (SSSR count). The summed E-state index contributed by atoms with van der Waals surface area (Å²) >= 11 is 0. The molecule has 0 saturated heterocycles. The Bertz CT molecular complexity index is 1260. The molecule has 1 aliphatic heterocycles. The topological polar surface area (TPSA) is 81.4 Å². The van der Waals surface area contributed by atoms with Crippen LogP contribution in [0.15, 0.2) is 113 Å². The van der Waals surface area contributed by atoms with Gasteiger partial charge in [0.05, 0.1) is 12.3 Å². The van der Waals surface area contributed by atoms with Crippen molar-refractivity contribution in [2.75, 3.05) is 12.3 Å². The van der Waals surface area contributed by atoms with Crippen LogP contribution < -0.4 is 5.73 Å². The molecule has 4 aromatic rings. The molecule has 2 N–H and O–H groups in total. The number of furan rings is 1. The maximum Gasteiger partial charge on any atom is 0.226 e. The predicted molar refractivity (Wildman–Crippen MR) is 134 cm³/mol. The smallest absolute Gasteiger partial charge is 0.226 e. The monoisotopic (exact) mass is 462 g/mol. The van der Waals surface area contributed by atoms with E-state index in [-0.39, 0.29) is 18.0 Å².